The van der Waals surface area contributed by atoms with E-state index < -0.39 is 0 Å². The van der Waals surface area contributed by atoms with Crippen LogP contribution >= 0.6 is 0 Å². The van der Waals surface area contributed by atoms with Crippen LogP contribution in [0, 0.1) is 6.92 Å². The van der Waals surface area contributed by atoms with Crippen molar-refractivity contribution in [1.82, 2.24) is 9.97 Å². The van der Waals surface area contributed by atoms with Crippen LogP contribution in [0.2, 0.25) is 0 Å². The molecule has 0 aliphatic rings. The molecule has 130 valence electrons. The predicted molar refractivity (Wildman–Crippen MR) is 97.8 cm³/mol. The molecule has 1 N–H and O–H groups in total. The van der Waals surface area contributed by atoms with Gasteiger partial charge in [0.2, 0.25) is 5.95 Å². The smallest absolute Gasteiger partial charge is 0.229 e. The number of hydrogen-bond acceptors (Lipinski definition) is 6. The van der Waals surface area contributed by atoms with Crippen molar-refractivity contribution in [3.05, 3.63) is 30.0 Å². The molecule has 0 unspecified atom stereocenters. The molecular weight excluding hydrogens is 304 g/mol. The van der Waals surface area contributed by atoms with Gasteiger partial charge in [0, 0.05) is 31.4 Å². The fraction of sp³-hybridized carbons (Fsp3) is 0.444. The van der Waals surface area contributed by atoms with Gasteiger partial charge in [0.25, 0.3) is 0 Å². The Bertz CT molecular complexity index is 676. The summed E-state index contributed by atoms with van der Waals surface area (Å²) >= 11 is 0. The minimum atomic E-state index is 0.542. The second-order valence-corrected chi connectivity index (χ2v) is 5.66. The maximum atomic E-state index is 5.39. The molecule has 6 heteroatoms. The van der Waals surface area contributed by atoms with Crippen molar-refractivity contribution in [3.63, 3.8) is 0 Å². The Morgan fingerprint density at radius 1 is 1.12 bits per heavy atom. The average Bonchev–Trinajstić information content (AvgIpc) is 2.59. The minimum Gasteiger partial charge on any atom is -0.497 e. The molecule has 1 aromatic carbocycles. The van der Waals surface area contributed by atoms with Crippen LogP contribution in [0.15, 0.2) is 24.3 Å². The lowest BCUT2D eigenvalue weighted by atomic mass is 10.2. The molecular formula is C18H26N4O2. The van der Waals surface area contributed by atoms with Gasteiger partial charge < -0.3 is 19.7 Å². The summed E-state index contributed by atoms with van der Waals surface area (Å²) in [5, 5.41) is 3.24. The van der Waals surface area contributed by atoms with Crippen LogP contribution in [0.1, 0.15) is 25.5 Å². The third-order valence-corrected chi connectivity index (χ3v) is 3.73. The van der Waals surface area contributed by atoms with Crippen molar-refractivity contribution in [3.8, 4) is 11.5 Å². The van der Waals surface area contributed by atoms with E-state index in [9.17, 15) is 0 Å². The zero-order valence-electron chi connectivity index (χ0n) is 15.1. The highest BCUT2D eigenvalue weighted by Crippen LogP contribution is 2.31. The Balaban J connectivity index is 2.28. The van der Waals surface area contributed by atoms with E-state index in [2.05, 4.69) is 27.1 Å². The number of nitrogens with zero attached hydrogens (tertiary/aromatic N) is 3. The van der Waals surface area contributed by atoms with Gasteiger partial charge in [-0.3, -0.25) is 0 Å². The Hall–Kier alpha value is -2.50. The number of methoxy groups -OCH3 is 2. The number of benzene rings is 1. The molecule has 0 saturated heterocycles. The highest BCUT2D eigenvalue weighted by Gasteiger charge is 2.10. The zero-order valence-corrected chi connectivity index (χ0v) is 15.1. The third kappa shape index (κ3) is 4.50. The highest BCUT2D eigenvalue weighted by atomic mass is 16.5. The van der Waals surface area contributed by atoms with Crippen LogP contribution in [0.4, 0.5) is 17.5 Å². The van der Waals surface area contributed by atoms with Gasteiger partial charge in [0.1, 0.15) is 17.3 Å². The molecule has 2 aromatic rings. The van der Waals surface area contributed by atoms with Gasteiger partial charge in [-0.05, 0) is 25.5 Å². The van der Waals surface area contributed by atoms with E-state index in [0.717, 1.165) is 42.3 Å². The van der Waals surface area contributed by atoms with E-state index in [1.54, 1.807) is 14.2 Å². The number of unbranched alkanes of at least 4 members (excludes halogenated alkanes) is 1. The number of rotatable bonds is 8. The largest absolute Gasteiger partial charge is 0.497 e. The van der Waals surface area contributed by atoms with Gasteiger partial charge in [-0.2, -0.15) is 4.98 Å². The molecule has 0 bridgehead atoms. The van der Waals surface area contributed by atoms with Gasteiger partial charge in [-0.1, -0.05) is 13.3 Å². The highest BCUT2D eigenvalue weighted by molar-refractivity contribution is 5.65. The minimum absolute atomic E-state index is 0.542. The predicted octanol–water partition coefficient (Wildman–Crippen LogP) is 3.78. The van der Waals surface area contributed by atoms with E-state index in [0.29, 0.717) is 11.7 Å². The number of aromatic nitrogens is 2. The van der Waals surface area contributed by atoms with E-state index >= 15 is 0 Å². The van der Waals surface area contributed by atoms with Gasteiger partial charge >= 0.3 is 0 Å². The van der Waals surface area contributed by atoms with E-state index in [1.165, 1.54) is 0 Å². The van der Waals surface area contributed by atoms with E-state index in [-0.39, 0.29) is 0 Å². The standard InChI is InChI=1S/C18H26N4O2/c1-6-7-10-22(3)17-11-13(2)19-18(21-17)20-15-12-14(23-4)8-9-16(15)24-5/h8-9,11-12H,6-7,10H2,1-5H3,(H,19,20,21). The molecule has 2 rings (SSSR count). The maximum Gasteiger partial charge on any atom is 0.229 e. The normalized spacial score (nSPS) is 10.4. The van der Waals surface area contributed by atoms with Crippen LogP contribution in [0.25, 0.3) is 0 Å². The first kappa shape index (κ1) is 17.8. The topological polar surface area (TPSA) is 59.5 Å². The van der Waals surface area contributed by atoms with Crippen molar-refractivity contribution < 1.29 is 9.47 Å². The summed E-state index contributed by atoms with van der Waals surface area (Å²) in [4.78, 5) is 11.2. The molecule has 24 heavy (non-hydrogen) atoms. The fourth-order valence-electron chi connectivity index (χ4n) is 2.35. The fourth-order valence-corrected chi connectivity index (χ4v) is 2.35. The van der Waals surface area contributed by atoms with Gasteiger partial charge in [-0.25, -0.2) is 4.98 Å². The summed E-state index contributed by atoms with van der Waals surface area (Å²) in [7, 11) is 5.32. The van der Waals surface area contributed by atoms with Crippen molar-refractivity contribution in [1.29, 1.82) is 0 Å². The molecule has 0 radical (unpaired) electrons. The summed E-state index contributed by atoms with van der Waals surface area (Å²) in [5.41, 5.74) is 1.68. The van der Waals surface area contributed by atoms with Crippen LogP contribution in [-0.4, -0.2) is 37.8 Å². The summed E-state index contributed by atoms with van der Waals surface area (Å²) in [5.74, 6) is 2.90. The molecule has 0 spiro atoms. The second kappa shape index (κ2) is 8.38. The average molecular weight is 330 g/mol. The summed E-state index contributed by atoms with van der Waals surface area (Å²) in [6, 6.07) is 7.56. The van der Waals surface area contributed by atoms with Crippen LogP contribution in [0.5, 0.6) is 11.5 Å². The summed E-state index contributed by atoms with van der Waals surface area (Å²) < 4.78 is 10.7. The van der Waals surface area contributed by atoms with Gasteiger partial charge in [0.15, 0.2) is 0 Å². The molecule has 1 heterocycles. The molecule has 0 aliphatic carbocycles. The lowest BCUT2D eigenvalue weighted by Crippen LogP contribution is -2.20. The van der Waals surface area contributed by atoms with E-state index in [1.807, 2.05) is 38.2 Å². The molecule has 0 fully saturated rings. The Labute approximate surface area is 143 Å². The number of hydrogen-bond donors (Lipinski definition) is 1. The summed E-state index contributed by atoms with van der Waals surface area (Å²) in [6.45, 7) is 5.11. The first-order valence-corrected chi connectivity index (χ1v) is 8.13. The molecule has 0 saturated carbocycles. The van der Waals surface area contributed by atoms with Crippen molar-refractivity contribution in [2.45, 2.75) is 26.7 Å². The summed E-state index contributed by atoms with van der Waals surface area (Å²) in [6.07, 6.45) is 2.28. The number of aryl methyl sites for hydroxylation is 1. The lowest BCUT2D eigenvalue weighted by Gasteiger charge is -2.19. The first-order chi connectivity index (χ1) is 11.6. The third-order valence-electron chi connectivity index (χ3n) is 3.73. The molecule has 0 aliphatic heterocycles. The quantitative estimate of drug-likeness (QED) is 0.795. The second-order valence-electron chi connectivity index (χ2n) is 5.66. The zero-order chi connectivity index (χ0) is 17.5. The number of anilines is 3. The SMILES string of the molecule is CCCCN(C)c1cc(C)nc(Nc2cc(OC)ccc2OC)n1. The Kier molecular flexibility index (Phi) is 6.23. The Morgan fingerprint density at radius 2 is 1.92 bits per heavy atom. The van der Waals surface area contributed by atoms with Gasteiger partial charge in [0.05, 0.1) is 19.9 Å². The number of nitrogens with one attached hydrogen (secondary N) is 1. The number of ether oxygens (including phenoxy) is 2. The van der Waals surface area contributed by atoms with Gasteiger partial charge in [-0.15, -0.1) is 0 Å². The monoisotopic (exact) mass is 330 g/mol. The van der Waals surface area contributed by atoms with Crippen molar-refractivity contribution in [2.24, 2.45) is 0 Å². The maximum absolute atomic E-state index is 5.39. The van der Waals surface area contributed by atoms with E-state index in [4.69, 9.17) is 9.47 Å². The van der Waals surface area contributed by atoms with Crippen LogP contribution in [0.3, 0.4) is 0 Å². The molecule has 1 aromatic heterocycles. The molecule has 0 atom stereocenters. The van der Waals surface area contributed by atoms with Crippen LogP contribution < -0.4 is 19.7 Å². The van der Waals surface area contributed by atoms with Crippen molar-refractivity contribution in [2.75, 3.05) is 38.0 Å². The van der Waals surface area contributed by atoms with Crippen LogP contribution in [-0.2, 0) is 0 Å². The lowest BCUT2D eigenvalue weighted by molar-refractivity contribution is 0.405. The first-order valence-electron chi connectivity index (χ1n) is 8.13. The molecule has 0 amide bonds. The Morgan fingerprint density at radius 3 is 2.58 bits per heavy atom. The van der Waals surface area contributed by atoms with Crippen molar-refractivity contribution >= 4 is 17.5 Å². The molecule has 6 nitrogen and oxygen atoms in total.